The second-order valence-corrected chi connectivity index (χ2v) is 10.2. The zero-order valence-electron chi connectivity index (χ0n) is 20.7. The first-order valence-electron chi connectivity index (χ1n) is 12.2. The van der Waals surface area contributed by atoms with E-state index in [-0.39, 0.29) is 24.2 Å². The number of carbonyl (C=O) groups is 1. The molecule has 1 aliphatic carbocycles. The summed E-state index contributed by atoms with van der Waals surface area (Å²) in [6.07, 6.45) is 6.06. The second kappa shape index (κ2) is 9.14. The monoisotopic (exact) mass is 499 g/mol. The van der Waals surface area contributed by atoms with Gasteiger partial charge >= 0.3 is 0 Å². The van der Waals surface area contributed by atoms with E-state index in [1.165, 1.54) is 5.56 Å². The third-order valence-electron chi connectivity index (χ3n) is 7.40. The molecule has 184 valence electrons. The molecule has 36 heavy (non-hydrogen) atoms. The van der Waals surface area contributed by atoms with Crippen molar-refractivity contribution in [3.05, 3.63) is 88.6 Å². The first-order chi connectivity index (χ1) is 17.0. The molecule has 1 aromatic heterocycles. The highest BCUT2D eigenvalue weighted by Gasteiger charge is 2.65. The summed E-state index contributed by atoms with van der Waals surface area (Å²) >= 11 is 0. The van der Waals surface area contributed by atoms with Gasteiger partial charge in [0.05, 0.1) is 23.7 Å². The Morgan fingerprint density at radius 1 is 1.08 bits per heavy atom. The Kier molecular flexibility index (Phi) is 6.13. The van der Waals surface area contributed by atoms with Gasteiger partial charge in [0.1, 0.15) is 5.75 Å². The predicted octanol–water partition coefficient (Wildman–Crippen LogP) is 6.74. The van der Waals surface area contributed by atoms with E-state index in [1.807, 2.05) is 18.2 Å². The van der Waals surface area contributed by atoms with Gasteiger partial charge in [0.25, 0.3) is 0 Å². The molecule has 3 aromatic carbocycles. The predicted molar refractivity (Wildman–Crippen MR) is 148 cm³/mol. The minimum Gasteiger partial charge on any atom is -0.497 e. The molecule has 6 rings (SSSR count). The van der Waals surface area contributed by atoms with Crippen molar-refractivity contribution >= 4 is 47.1 Å². The van der Waals surface area contributed by atoms with Crippen LogP contribution in [0.2, 0.25) is 0 Å². The standard InChI is InChI=1S/C30H29N3O2.ClH/c1-18(2)14-20-6-4-19(5-7-20)8-12-26-23-11-9-21(15-28(23)33-32-26)25-17-30(25)24-16-22(35-3)10-13-27(24)31-29(30)34;/h4-13,15-16,18,25H,14,17H2,1-3H3,(H,31,34)(H,32,33);1H/b12-8+;/t25-,30-;/m0./s1. The molecule has 2 heterocycles. The summed E-state index contributed by atoms with van der Waals surface area (Å²) in [5.41, 5.74) is 7.02. The molecule has 1 amide bonds. The van der Waals surface area contributed by atoms with E-state index >= 15 is 0 Å². The van der Waals surface area contributed by atoms with Gasteiger partial charge in [-0.1, -0.05) is 56.3 Å². The van der Waals surface area contributed by atoms with Crippen molar-refractivity contribution in [3.8, 4) is 5.75 Å². The van der Waals surface area contributed by atoms with Crippen LogP contribution >= 0.6 is 12.4 Å². The number of aromatic nitrogens is 2. The van der Waals surface area contributed by atoms with Crippen LogP contribution < -0.4 is 10.1 Å². The second-order valence-electron chi connectivity index (χ2n) is 10.2. The van der Waals surface area contributed by atoms with E-state index in [9.17, 15) is 4.79 Å². The number of fused-ring (bicyclic) bond motifs is 3. The van der Waals surface area contributed by atoms with Crippen LogP contribution in [0.25, 0.3) is 23.1 Å². The summed E-state index contributed by atoms with van der Waals surface area (Å²) in [6.45, 7) is 4.48. The van der Waals surface area contributed by atoms with E-state index in [2.05, 4.69) is 84.0 Å². The Morgan fingerprint density at radius 2 is 1.89 bits per heavy atom. The molecular formula is C30H30ClN3O2. The molecule has 0 saturated heterocycles. The van der Waals surface area contributed by atoms with Crippen LogP contribution in [0.15, 0.2) is 60.7 Å². The van der Waals surface area contributed by atoms with Crippen LogP contribution in [0.3, 0.4) is 0 Å². The van der Waals surface area contributed by atoms with E-state index in [0.29, 0.717) is 5.92 Å². The maximum absolute atomic E-state index is 13.0. The number of benzene rings is 3. The Labute approximate surface area is 217 Å². The molecule has 1 aliphatic heterocycles. The molecule has 0 bridgehead atoms. The lowest BCUT2D eigenvalue weighted by atomic mass is 9.91. The zero-order valence-corrected chi connectivity index (χ0v) is 21.5. The fourth-order valence-corrected chi connectivity index (χ4v) is 5.51. The Bertz CT molecular complexity index is 1470. The molecule has 1 saturated carbocycles. The summed E-state index contributed by atoms with van der Waals surface area (Å²) in [5, 5.41) is 11.9. The third kappa shape index (κ3) is 3.97. The highest BCUT2D eigenvalue weighted by Crippen LogP contribution is 2.65. The number of rotatable bonds is 6. The summed E-state index contributed by atoms with van der Waals surface area (Å²) in [7, 11) is 1.66. The number of H-pyrrole nitrogens is 1. The molecule has 5 nitrogen and oxygen atoms in total. The van der Waals surface area contributed by atoms with E-state index < -0.39 is 5.41 Å². The number of amides is 1. The lowest BCUT2D eigenvalue weighted by Gasteiger charge is -2.10. The molecule has 2 aliphatic rings. The van der Waals surface area contributed by atoms with Gasteiger partial charge in [-0.25, -0.2) is 0 Å². The van der Waals surface area contributed by atoms with Crippen molar-refractivity contribution in [2.24, 2.45) is 5.92 Å². The van der Waals surface area contributed by atoms with Gasteiger partial charge in [0.15, 0.2) is 0 Å². The maximum atomic E-state index is 13.0. The topological polar surface area (TPSA) is 67.0 Å². The number of nitrogens with zero attached hydrogens (tertiary/aromatic N) is 1. The fraction of sp³-hybridized carbons (Fsp3) is 0.267. The molecule has 2 atom stereocenters. The van der Waals surface area contributed by atoms with Gasteiger partial charge in [0, 0.05) is 17.0 Å². The van der Waals surface area contributed by atoms with Gasteiger partial charge in [-0.15, -0.1) is 12.4 Å². The highest BCUT2D eigenvalue weighted by atomic mass is 35.5. The Morgan fingerprint density at radius 3 is 2.64 bits per heavy atom. The molecule has 0 radical (unpaired) electrons. The van der Waals surface area contributed by atoms with Gasteiger partial charge in [-0.3, -0.25) is 9.89 Å². The van der Waals surface area contributed by atoms with Crippen molar-refractivity contribution in [1.29, 1.82) is 0 Å². The maximum Gasteiger partial charge on any atom is 0.235 e. The number of ether oxygens (including phenoxy) is 1. The van der Waals surface area contributed by atoms with Crippen molar-refractivity contribution in [2.75, 3.05) is 12.4 Å². The minimum absolute atomic E-state index is 0. The number of anilines is 1. The van der Waals surface area contributed by atoms with Crippen LogP contribution in [-0.4, -0.2) is 23.2 Å². The number of halogens is 1. The molecular weight excluding hydrogens is 470 g/mol. The summed E-state index contributed by atoms with van der Waals surface area (Å²) in [5.74, 6) is 1.66. The van der Waals surface area contributed by atoms with Crippen molar-refractivity contribution in [1.82, 2.24) is 10.2 Å². The van der Waals surface area contributed by atoms with Gasteiger partial charge in [-0.2, -0.15) is 5.10 Å². The largest absolute Gasteiger partial charge is 0.497 e. The van der Waals surface area contributed by atoms with Crippen LogP contribution in [0.5, 0.6) is 5.75 Å². The van der Waals surface area contributed by atoms with Crippen molar-refractivity contribution in [3.63, 3.8) is 0 Å². The minimum atomic E-state index is -0.498. The quantitative estimate of drug-likeness (QED) is 0.308. The lowest BCUT2D eigenvalue weighted by molar-refractivity contribution is -0.118. The van der Waals surface area contributed by atoms with Crippen LogP contribution in [0, 0.1) is 5.92 Å². The molecule has 6 heteroatoms. The molecule has 1 spiro atoms. The highest BCUT2D eigenvalue weighted by molar-refractivity contribution is 6.10. The fourth-order valence-electron chi connectivity index (χ4n) is 5.51. The van der Waals surface area contributed by atoms with Crippen molar-refractivity contribution < 1.29 is 9.53 Å². The average Bonchev–Trinajstić information content (AvgIpc) is 3.40. The normalized spacial score (nSPS) is 20.1. The number of hydrogen-bond acceptors (Lipinski definition) is 3. The molecule has 4 aromatic rings. The lowest BCUT2D eigenvalue weighted by Crippen LogP contribution is -2.21. The number of methoxy groups -OCH3 is 1. The average molecular weight is 500 g/mol. The zero-order chi connectivity index (χ0) is 24.2. The van der Waals surface area contributed by atoms with E-state index in [0.717, 1.165) is 57.6 Å². The summed E-state index contributed by atoms with van der Waals surface area (Å²) in [6, 6.07) is 20.9. The SMILES string of the molecule is COc1ccc2c(c1)[C@]1(C[C@H]1c1ccc3c(/C=C/c4ccc(CC(C)C)cc4)n[nH]c3c1)C(=O)N2.Cl. The smallest absolute Gasteiger partial charge is 0.235 e. The van der Waals surface area contributed by atoms with Crippen molar-refractivity contribution in [2.45, 2.75) is 38.0 Å². The van der Waals surface area contributed by atoms with E-state index in [4.69, 9.17) is 4.74 Å². The van der Waals surface area contributed by atoms with Crippen LogP contribution in [-0.2, 0) is 16.6 Å². The summed E-state index contributed by atoms with van der Waals surface area (Å²) < 4.78 is 5.41. The van der Waals surface area contributed by atoms with E-state index in [1.54, 1.807) is 7.11 Å². The van der Waals surface area contributed by atoms with Gasteiger partial charge in [0.2, 0.25) is 5.91 Å². The van der Waals surface area contributed by atoms with Gasteiger partial charge in [-0.05, 0) is 71.4 Å². The number of aromatic amines is 1. The first-order valence-corrected chi connectivity index (χ1v) is 12.2. The third-order valence-corrected chi connectivity index (χ3v) is 7.40. The van der Waals surface area contributed by atoms with Crippen LogP contribution in [0.1, 0.15) is 54.1 Å². The molecule has 2 N–H and O–H groups in total. The Balaban J connectivity index is 0.00000267. The number of carbonyl (C=O) groups excluding carboxylic acids is 1. The number of nitrogens with one attached hydrogen (secondary N) is 2. The Hall–Kier alpha value is -3.57. The van der Waals surface area contributed by atoms with Crippen LogP contribution in [0.4, 0.5) is 5.69 Å². The first kappa shape index (κ1) is 24.1. The molecule has 1 fully saturated rings. The summed E-state index contributed by atoms with van der Waals surface area (Å²) in [4.78, 5) is 13.0. The molecule has 0 unspecified atom stereocenters. The number of hydrogen-bond donors (Lipinski definition) is 2. The van der Waals surface area contributed by atoms with Gasteiger partial charge < -0.3 is 10.1 Å².